The van der Waals surface area contributed by atoms with Crippen molar-refractivity contribution in [1.82, 2.24) is 5.43 Å². The Bertz CT molecular complexity index is 684. The fraction of sp³-hybridized carbons (Fsp3) is 0.524. The van der Waals surface area contributed by atoms with Gasteiger partial charge in [-0.25, -0.2) is 5.43 Å². The highest BCUT2D eigenvalue weighted by Crippen LogP contribution is 2.58. The number of fused-ring (bicyclic) bond motifs is 1. The Hall–Kier alpha value is -2.10. The summed E-state index contributed by atoms with van der Waals surface area (Å²) >= 11 is 0. The topological polar surface area (TPSA) is 44.7 Å². The molecule has 0 aromatic heterocycles. The minimum absolute atomic E-state index is 0.162. The van der Waals surface area contributed by atoms with Crippen LogP contribution in [0, 0.1) is 17.3 Å². The van der Waals surface area contributed by atoms with Gasteiger partial charge < -0.3 is 4.90 Å². The molecule has 1 aromatic rings. The Kier molecular flexibility index (Phi) is 4.98. The number of hydrogen-bond acceptors (Lipinski definition) is 3. The monoisotopic (exact) mass is 339 g/mol. The van der Waals surface area contributed by atoms with Gasteiger partial charge in [0.2, 0.25) is 0 Å². The number of nitrogens with one attached hydrogen (secondary N) is 1. The van der Waals surface area contributed by atoms with Crippen LogP contribution in [-0.2, 0) is 0 Å². The van der Waals surface area contributed by atoms with E-state index in [1.54, 1.807) is 0 Å². The van der Waals surface area contributed by atoms with Gasteiger partial charge in [-0.1, -0.05) is 19.9 Å². The molecule has 3 aliphatic carbocycles. The lowest BCUT2D eigenvalue weighted by atomic mass is 9.49. The zero-order chi connectivity index (χ0) is 18.0. The Labute approximate surface area is 151 Å². The van der Waals surface area contributed by atoms with Crippen LogP contribution < -0.4 is 10.3 Å². The normalized spacial score (nSPS) is 23.8. The van der Waals surface area contributed by atoms with Gasteiger partial charge in [0.15, 0.2) is 0 Å². The molecule has 0 radical (unpaired) electrons. The first-order valence-electron chi connectivity index (χ1n) is 9.35. The highest BCUT2D eigenvalue weighted by atomic mass is 16.2. The second-order valence-electron chi connectivity index (χ2n) is 7.66. The van der Waals surface area contributed by atoms with Gasteiger partial charge >= 0.3 is 0 Å². The second-order valence-corrected chi connectivity index (χ2v) is 7.66. The molecule has 3 aliphatic rings. The molecule has 1 aromatic carbocycles. The van der Waals surface area contributed by atoms with E-state index >= 15 is 0 Å². The molecule has 2 atom stereocenters. The molecule has 1 amide bonds. The molecule has 0 saturated heterocycles. The van der Waals surface area contributed by atoms with Gasteiger partial charge in [-0.3, -0.25) is 4.79 Å². The third-order valence-corrected chi connectivity index (χ3v) is 6.15. The molecule has 1 saturated carbocycles. The maximum atomic E-state index is 12.3. The van der Waals surface area contributed by atoms with Crippen LogP contribution in [0.1, 0.15) is 50.9 Å². The van der Waals surface area contributed by atoms with Crippen LogP contribution in [0.3, 0.4) is 0 Å². The Balaban J connectivity index is 1.59. The molecule has 2 bridgehead atoms. The van der Waals surface area contributed by atoms with Crippen LogP contribution in [-0.4, -0.2) is 25.2 Å². The number of anilines is 1. The minimum atomic E-state index is -0.162. The molecule has 1 fully saturated rings. The SMILES string of the molecule is CCN(CC)c1ccc(C(=O)NN=CC2=CCC3CC2C3(C)C)cc1. The molecule has 25 heavy (non-hydrogen) atoms. The van der Waals surface area contributed by atoms with Crippen molar-refractivity contribution in [2.45, 2.75) is 40.5 Å². The lowest BCUT2D eigenvalue weighted by Crippen LogP contribution is -2.48. The molecule has 134 valence electrons. The largest absolute Gasteiger partial charge is 0.372 e. The average Bonchev–Trinajstić information content (AvgIpc) is 2.63. The predicted octanol–water partition coefficient (Wildman–Crippen LogP) is 4.24. The third kappa shape index (κ3) is 3.35. The first-order valence-corrected chi connectivity index (χ1v) is 9.35. The lowest BCUT2D eigenvalue weighted by molar-refractivity contribution is -0.00126. The van der Waals surface area contributed by atoms with E-state index in [1.807, 2.05) is 30.5 Å². The van der Waals surface area contributed by atoms with E-state index in [4.69, 9.17) is 0 Å². The van der Waals surface area contributed by atoms with Gasteiger partial charge in [0.05, 0.1) is 6.21 Å². The smallest absolute Gasteiger partial charge is 0.271 e. The molecular weight excluding hydrogens is 310 g/mol. The zero-order valence-corrected chi connectivity index (χ0v) is 15.7. The third-order valence-electron chi connectivity index (χ3n) is 6.15. The van der Waals surface area contributed by atoms with Crippen molar-refractivity contribution in [3.05, 3.63) is 41.5 Å². The quantitative estimate of drug-likeness (QED) is 0.622. The van der Waals surface area contributed by atoms with Crippen LogP contribution in [0.4, 0.5) is 5.69 Å². The number of amides is 1. The molecule has 0 heterocycles. The van der Waals surface area contributed by atoms with E-state index in [9.17, 15) is 4.79 Å². The molecule has 4 rings (SSSR count). The van der Waals surface area contributed by atoms with Crippen molar-refractivity contribution in [2.75, 3.05) is 18.0 Å². The Morgan fingerprint density at radius 2 is 1.96 bits per heavy atom. The Morgan fingerprint density at radius 3 is 2.52 bits per heavy atom. The number of nitrogens with zero attached hydrogens (tertiary/aromatic N) is 2. The average molecular weight is 339 g/mol. The van der Waals surface area contributed by atoms with Gasteiger partial charge in [0, 0.05) is 24.3 Å². The summed E-state index contributed by atoms with van der Waals surface area (Å²) in [4.78, 5) is 14.5. The first-order chi connectivity index (χ1) is 12.0. The van der Waals surface area contributed by atoms with E-state index in [0.29, 0.717) is 16.9 Å². The molecular formula is C21H29N3O. The number of allylic oxidation sites excluding steroid dienone is 2. The summed E-state index contributed by atoms with van der Waals surface area (Å²) < 4.78 is 0. The van der Waals surface area contributed by atoms with Gasteiger partial charge in [0.1, 0.15) is 0 Å². The number of hydrogen-bond donors (Lipinski definition) is 1. The molecule has 2 unspecified atom stereocenters. The summed E-state index contributed by atoms with van der Waals surface area (Å²) in [5.41, 5.74) is 6.08. The number of carbonyl (C=O) groups excluding carboxylic acids is 1. The fourth-order valence-electron chi connectivity index (χ4n) is 4.19. The lowest BCUT2D eigenvalue weighted by Gasteiger charge is -2.55. The Morgan fingerprint density at radius 1 is 1.28 bits per heavy atom. The van der Waals surface area contributed by atoms with Crippen molar-refractivity contribution in [3.8, 4) is 0 Å². The summed E-state index contributed by atoms with van der Waals surface area (Å²) in [6, 6.07) is 7.70. The first kappa shape index (κ1) is 17.7. The van der Waals surface area contributed by atoms with Crippen LogP contribution in [0.2, 0.25) is 0 Å². The zero-order valence-electron chi connectivity index (χ0n) is 15.7. The summed E-state index contributed by atoms with van der Waals surface area (Å²) in [7, 11) is 0. The summed E-state index contributed by atoms with van der Waals surface area (Å²) in [5.74, 6) is 1.23. The number of benzene rings is 1. The van der Waals surface area contributed by atoms with Gasteiger partial charge in [-0.2, -0.15) is 5.10 Å². The van der Waals surface area contributed by atoms with Crippen molar-refractivity contribution in [3.63, 3.8) is 0 Å². The summed E-state index contributed by atoms with van der Waals surface area (Å²) in [5, 5.41) is 4.20. The molecule has 0 aliphatic heterocycles. The molecule has 4 heteroatoms. The van der Waals surface area contributed by atoms with Crippen molar-refractivity contribution in [2.24, 2.45) is 22.4 Å². The maximum Gasteiger partial charge on any atom is 0.271 e. The second kappa shape index (κ2) is 7.03. The van der Waals surface area contributed by atoms with Crippen LogP contribution in [0.15, 0.2) is 41.0 Å². The summed E-state index contributed by atoms with van der Waals surface area (Å²) in [6.45, 7) is 10.8. The van der Waals surface area contributed by atoms with Gasteiger partial charge in [0.25, 0.3) is 5.91 Å². The highest BCUT2D eigenvalue weighted by Gasteiger charge is 2.50. The maximum absolute atomic E-state index is 12.3. The predicted molar refractivity (Wildman–Crippen MR) is 104 cm³/mol. The van der Waals surface area contributed by atoms with Crippen LogP contribution in [0.25, 0.3) is 0 Å². The van der Waals surface area contributed by atoms with Gasteiger partial charge in [-0.15, -0.1) is 0 Å². The number of rotatable bonds is 6. The molecule has 1 N–H and O–H groups in total. The highest BCUT2D eigenvalue weighted by molar-refractivity contribution is 5.95. The van der Waals surface area contributed by atoms with E-state index in [0.717, 1.165) is 31.1 Å². The van der Waals surface area contributed by atoms with Crippen molar-refractivity contribution >= 4 is 17.8 Å². The van der Waals surface area contributed by atoms with Crippen LogP contribution >= 0.6 is 0 Å². The van der Waals surface area contributed by atoms with Crippen molar-refractivity contribution < 1.29 is 4.79 Å². The number of hydrazone groups is 1. The van der Waals surface area contributed by atoms with E-state index in [2.05, 4.69) is 49.2 Å². The van der Waals surface area contributed by atoms with E-state index in [-0.39, 0.29) is 5.91 Å². The molecule has 4 nitrogen and oxygen atoms in total. The summed E-state index contributed by atoms with van der Waals surface area (Å²) in [6.07, 6.45) is 6.50. The van der Waals surface area contributed by atoms with Crippen molar-refractivity contribution in [1.29, 1.82) is 0 Å². The fourth-order valence-corrected chi connectivity index (χ4v) is 4.19. The standard InChI is InChI=1S/C21H29N3O/c1-5-24(6-2)18-11-8-15(9-12-18)20(25)23-22-14-16-7-10-17-13-19(16)21(17,3)4/h7-9,11-12,14,17,19H,5-6,10,13H2,1-4H3,(H,23,25). The van der Waals surface area contributed by atoms with Gasteiger partial charge in [-0.05, 0) is 73.8 Å². The van der Waals surface area contributed by atoms with E-state index < -0.39 is 0 Å². The van der Waals surface area contributed by atoms with Crippen LogP contribution in [0.5, 0.6) is 0 Å². The van der Waals surface area contributed by atoms with E-state index in [1.165, 1.54) is 12.0 Å². The number of carbonyl (C=O) groups is 1. The minimum Gasteiger partial charge on any atom is -0.372 e. The molecule has 0 spiro atoms.